The van der Waals surface area contributed by atoms with E-state index in [-0.39, 0.29) is 30.7 Å². The van der Waals surface area contributed by atoms with Gasteiger partial charge in [0.25, 0.3) is 11.8 Å². The Morgan fingerprint density at radius 1 is 0.788 bits per heavy atom. The molecule has 33 heavy (non-hydrogen) atoms. The van der Waals surface area contributed by atoms with Gasteiger partial charge in [0.1, 0.15) is 11.5 Å². The van der Waals surface area contributed by atoms with Crippen molar-refractivity contribution in [2.75, 3.05) is 6.54 Å². The van der Waals surface area contributed by atoms with E-state index >= 15 is 0 Å². The normalized spacial score (nSPS) is 13.0. The third-order valence-corrected chi connectivity index (χ3v) is 5.83. The first-order valence-electron chi connectivity index (χ1n) is 10.8. The first kappa shape index (κ1) is 20.8. The molecule has 0 radical (unpaired) electrons. The van der Waals surface area contributed by atoms with E-state index in [1.54, 1.807) is 41.7 Å². The molecule has 0 unspecified atom stereocenters. The topological polar surface area (TPSA) is 84.0 Å². The summed E-state index contributed by atoms with van der Waals surface area (Å²) in [6.07, 6.45) is 3.68. The molecule has 0 saturated carbocycles. The summed E-state index contributed by atoms with van der Waals surface area (Å²) in [6.45, 7) is 0.788. The van der Waals surface area contributed by atoms with E-state index in [1.165, 1.54) is 4.90 Å². The minimum atomic E-state index is -0.320. The van der Waals surface area contributed by atoms with Crippen molar-refractivity contribution < 1.29 is 23.2 Å². The van der Waals surface area contributed by atoms with Crippen LogP contribution in [0.1, 0.15) is 45.1 Å². The molecule has 3 amide bonds. The Balaban J connectivity index is 1.27. The molecule has 2 aromatic carbocycles. The molecule has 0 bridgehead atoms. The Labute approximate surface area is 190 Å². The molecule has 5 rings (SSSR count). The number of rotatable bonds is 8. The van der Waals surface area contributed by atoms with Crippen molar-refractivity contribution in [3.05, 3.63) is 95.8 Å². The molecule has 0 atom stereocenters. The lowest BCUT2D eigenvalue weighted by Gasteiger charge is -2.27. The second-order valence-corrected chi connectivity index (χ2v) is 7.98. The van der Waals surface area contributed by atoms with E-state index in [2.05, 4.69) is 0 Å². The molecule has 0 spiro atoms. The maximum atomic E-state index is 13.0. The van der Waals surface area contributed by atoms with Gasteiger partial charge in [-0.05, 0) is 48.2 Å². The Bertz CT molecular complexity index is 1220. The molecule has 7 heteroatoms. The van der Waals surface area contributed by atoms with E-state index in [1.807, 2.05) is 36.4 Å². The maximum Gasteiger partial charge on any atom is 0.261 e. The van der Waals surface area contributed by atoms with Gasteiger partial charge >= 0.3 is 0 Å². The highest BCUT2D eigenvalue weighted by atomic mass is 16.3. The zero-order chi connectivity index (χ0) is 22.8. The van der Waals surface area contributed by atoms with Gasteiger partial charge in [0.2, 0.25) is 5.91 Å². The van der Waals surface area contributed by atoms with Gasteiger partial charge in [-0.2, -0.15) is 0 Å². The average Bonchev–Trinajstić information content (AvgIpc) is 3.53. The zero-order valence-corrected chi connectivity index (χ0v) is 17.9. The zero-order valence-electron chi connectivity index (χ0n) is 17.9. The lowest BCUT2D eigenvalue weighted by molar-refractivity contribution is -0.133. The van der Waals surface area contributed by atoms with Crippen LogP contribution in [0.25, 0.3) is 10.8 Å². The molecular weight excluding hydrogens is 420 g/mol. The molecule has 1 aliphatic heterocycles. The summed E-state index contributed by atoms with van der Waals surface area (Å²) >= 11 is 0. The SMILES string of the molecule is O=C(CCCN1C(=O)c2cccc3cccc(c23)C1=O)N(Cc1ccco1)Cc1ccco1. The number of benzene rings is 2. The van der Waals surface area contributed by atoms with Gasteiger partial charge in [0.05, 0.1) is 25.6 Å². The third-order valence-electron chi connectivity index (χ3n) is 5.83. The van der Waals surface area contributed by atoms with Crippen LogP contribution in [-0.2, 0) is 17.9 Å². The second kappa shape index (κ2) is 8.78. The van der Waals surface area contributed by atoms with Crippen molar-refractivity contribution in [1.29, 1.82) is 0 Å². The van der Waals surface area contributed by atoms with Crippen molar-refractivity contribution in [1.82, 2.24) is 9.80 Å². The summed E-state index contributed by atoms with van der Waals surface area (Å²) in [5.74, 6) is 0.587. The van der Waals surface area contributed by atoms with Crippen LogP contribution in [0.15, 0.2) is 82.0 Å². The highest BCUT2D eigenvalue weighted by Gasteiger charge is 2.32. The van der Waals surface area contributed by atoms with E-state index in [9.17, 15) is 14.4 Å². The fourth-order valence-corrected chi connectivity index (χ4v) is 4.24. The van der Waals surface area contributed by atoms with Gasteiger partial charge in [0, 0.05) is 29.5 Å². The van der Waals surface area contributed by atoms with Gasteiger partial charge in [-0.3, -0.25) is 19.3 Å². The highest BCUT2D eigenvalue weighted by molar-refractivity contribution is 6.25. The van der Waals surface area contributed by atoms with Crippen LogP contribution >= 0.6 is 0 Å². The van der Waals surface area contributed by atoms with Gasteiger partial charge in [-0.15, -0.1) is 0 Å². The number of carbonyl (C=O) groups excluding carboxylic acids is 3. The minimum absolute atomic E-state index is 0.109. The largest absolute Gasteiger partial charge is 0.467 e. The summed E-state index contributed by atoms with van der Waals surface area (Å²) in [4.78, 5) is 42.0. The van der Waals surface area contributed by atoms with Crippen LogP contribution < -0.4 is 0 Å². The maximum absolute atomic E-state index is 13.0. The fraction of sp³-hybridized carbons (Fsp3) is 0.192. The number of amides is 3. The van der Waals surface area contributed by atoms with Crippen molar-refractivity contribution in [2.24, 2.45) is 0 Å². The van der Waals surface area contributed by atoms with Crippen LogP contribution in [0.3, 0.4) is 0 Å². The molecule has 0 aliphatic carbocycles. The van der Waals surface area contributed by atoms with Gasteiger partial charge < -0.3 is 13.7 Å². The first-order chi connectivity index (χ1) is 16.1. The second-order valence-electron chi connectivity index (χ2n) is 7.98. The molecule has 7 nitrogen and oxygen atoms in total. The Morgan fingerprint density at radius 2 is 1.36 bits per heavy atom. The lowest BCUT2D eigenvalue weighted by Crippen LogP contribution is -2.41. The van der Waals surface area contributed by atoms with Crippen LogP contribution in [0.5, 0.6) is 0 Å². The molecular formula is C26H22N2O5. The number of imide groups is 1. The molecule has 0 saturated heterocycles. The third kappa shape index (κ3) is 4.05. The van der Waals surface area contributed by atoms with Crippen LogP contribution in [0, 0.1) is 0 Å². The van der Waals surface area contributed by atoms with E-state index < -0.39 is 0 Å². The smallest absolute Gasteiger partial charge is 0.261 e. The van der Waals surface area contributed by atoms with Crippen molar-refractivity contribution in [3.8, 4) is 0 Å². The van der Waals surface area contributed by atoms with Gasteiger partial charge in [-0.1, -0.05) is 24.3 Å². The Hall–Kier alpha value is -4.13. The predicted molar refractivity (Wildman–Crippen MR) is 120 cm³/mol. The lowest BCUT2D eigenvalue weighted by atomic mass is 9.94. The van der Waals surface area contributed by atoms with Crippen LogP contribution in [-0.4, -0.2) is 34.1 Å². The van der Waals surface area contributed by atoms with Crippen molar-refractivity contribution in [3.63, 3.8) is 0 Å². The molecule has 0 N–H and O–H groups in total. The molecule has 4 aromatic rings. The number of hydrogen-bond donors (Lipinski definition) is 0. The number of furan rings is 2. The van der Waals surface area contributed by atoms with Crippen LogP contribution in [0.2, 0.25) is 0 Å². The molecule has 166 valence electrons. The van der Waals surface area contributed by atoms with E-state index in [4.69, 9.17) is 8.83 Å². The highest BCUT2D eigenvalue weighted by Crippen LogP contribution is 2.30. The number of hydrogen-bond acceptors (Lipinski definition) is 5. The molecule has 0 fully saturated rings. The molecule has 3 heterocycles. The van der Waals surface area contributed by atoms with Gasteiger partial charge in [-0.25, -0.2) is 0 Å². The summed E-state index contributed by atoms with van der Waals surface area (Å²) < 4.78 is 10.8. The average molecular weight is 442 g/mol. The predicted octanol–water partition coefficient (Wildman–Crippen LogP) is 4.63. The number of nitrogens with zero attached hydrogens (tertiary/aromatic N) is 2. The summed E-state index contributed by atoms with van der Waals surface area (Å²) in [5, 5.41) is 1.57. The van der Waals surface area contributed by atoms with Crippen molar-refractivity contribution >= 4 is 28.5 Å². The Kier molecular flexibility index (Phi) is 5.52. The quantitative estimate of drug-likeness (QED) is 0.372. The van der Waals surface area contributed by atoms with E-state index in [0.717, 1.165) is 5.39 Å². The van der Waals surface area contributed by atoms with E-state index in [0.29, 0.717) is 47.5 Å². The summed E-state index contributed by atoms with van der Waals surface area (Å²) in [6, 6.07) is 18.1. The van der Waals surface area contributed by atoms with Gasteiger partial charge in [0.15, 0.2) is 0 Å². The van der Waals surface area contributed by atoms with Crippen LogP contribution in [0.4, 0.5) is 0 Å². The summed E-state index contributed by atoms with van der Waals surface area (Å²) in [7, 11) is 0. The molecule has 1 aliphatic rings. The standard InChI is InChI=1S/C26H22N2O5/c29-23(27(16-19-8-4-14-32-19)17-20-9-5-15-33-20)12-3-13-28-25(30)21-10-1-6-18-7-2-11-22(24(18)21)26(28)31/h1-2,4-11,14-15H,3,12-13,16-17H2. The Morgan fingerprint density at radius 3 is 1.88 bits per heavy atom. The number of carbonyl (C=O) groups is 3. The first-order valence-corrected chi connectivity index (χ1v) is 10.8. The monoisotopic (exact) mass is 442 g/mol. The summed E-state index contributed by atoms with van der Waals surface area (Å²) in [5.41, 5.74) is 1.04. The van der Waals surface area contributed by atoms with Crippen molar-refractivity contribution in [2.45, 2.75) is 25.9 Å². The fourth-order valence-electron chi connectivity index (χ4n) is 4.24. The molecule has 2 aromatic heterocycles. The minimum Gasteiger partial charge on any atom is -0.467 e.